The molecule has 1 aliphatic heterocycles. The van der Waals surface area contributed by atoms with Crippen molar-refractivity contribution in [1.29, 1.82) is 0 Å². The number of amides is 6. The lowest BCUT2D eigenvalue weighted by atomic mass is 9.96. The van der Waals surface area contributed by atoms with Crippen LogP contribution in [0.5, 0.6) is 5.75 Å². The van der Waals surface area contributed by atoms with Crippen LogP contribution < -0.4 is 49.5 Å². The van der Waals surface area contributed by atoms with Gasteiger partial charge in [-0.15, -0.1) is 0 Å². The molecule has 0 spiro atoms. The van der Waals surface area contributed by atoms with Crippen molar-refractivity contribution < 1.29 is 39.0 Å². The molecule has 1 aromatic carbocycles. The Morgan fingerprint density at radius 3 is 1.92 bits per heavy atom. The number of guanidine groups is 2. The molecule has 20 nitrogen and oxygen atoms in total. The lowest BCUT2D eigenvalue weighted by Gasteiger charge is -2.31. The highest BCUT2D eigenvalue weighted by atomic mass is 16.3. The van der Waals surface area contributed by atoms with E-state index >= 15 is 0 Å². The topological polar surface area (TPSA) is 335 Å². The third kappa shape index (κ3) is 17.7. The summed E-state index contributed by atoms with van der Waals surface area (Å²) < 4.78 is 0. The molecule has 15 N–H and O–H groups in total. The van der Waals surface area contributed by atoms with Crippen LogP contribution >= 0.6 is 0 Å². The number of rotatable bonds is 25. The third-order valence-corrected chi connectivity index (χ3v) is 10.2. The first kappa shape index (κ1) is 50.5. The van der Waals surface area contributed by atoms with Gasteiger partial charge in [0.25, 0.3) is 0 Å². The second-order valence-corrected chi connectivity index (χ2v) is 15.7. The number of phenolic OH excluding ortho intramolecular Hbond substituents is 1. The fraction of sp³-hybridized carbons (Fsp3) is 0.650. The van der Waals surface area contributed by atoms with E-state index < -0.39 is 71.7 Å². The smallest absolute Gasteiger partial charge is 0.245 e. The summed E-state index contributed by atoms with van der Waals surface area (Å²) in [6.07, 6.45) is 2.63. The molecule has 1 saturated heterocycles. The highest BCUT2D eigenvalue weighted by molar-refractivity contribution is 5.97. The third-order valence-electron chi connectivity index (χ3n) is 10.2. The van der Waals surface area contributed by atoms with E-state index in [1.54, 1.807) is 12.1 Å². The number of nitrogens with two attached hydrogens (primary N) is 4. The minimum atomic E-state index is -1.21. The monoisotopic (exact) mass is 845 g/mol. The average Bonchev–Trinajstić information content (AvgIpc) is 3.68. The summed E-state index contributed by atoms with van der Waals surface area (Å²) in [5.74, 6) is -3.78. The molecular formula is C40H68N12O8. The number of aromatic hydroxyl groups is 1. The number of hydrogen-bond donors (Lipinski definition) is 11. The molecule has 336 valence electrons. The fourth-order valence-corrected chi connectivity index (χ4v) is 6.89. The number of aliphatic hydroxyl groups is 1. The van der Waals surface area contributed by atoms with Crippen molar-refractivity contribution in [3.8, 4) is 5.75 Å². The number of hydrogen-bond acceptors (Lipinski definition) is 10. The molecule has 0 bridgehead atoms. The number of carbonyl (C=O) groups excluding carboxylic acids is 6. The van der Waals surface area contributed by atoms with Crippen LogP contribution in [0.2, 0.25) is 0 Å². The van der Waals surface area contributed by atoms with Gasteiger partial charge in [0.15, 0.2) is 11.9 Å². The zero-order valence-electron chi connectivity index (χ0n) is 35.6. The fourth-order valence-electron chi connectivity index (χ4n) is 6.89. The Morgan fingerprint density at radius 2 is 1.38 bits per heavy atom. The summed E-state index contributed by atoms with van der Waals surface area (Å²) >= 11 is 0. The van der Waals surface area contributed by atoms with Crippen molar-refractivity contribution >= 4 is 47.4 Å². The Labute approximate surface area is 352 Å². The second kappa shape index (κ2) is 25.7. The molecule has 1 aliphatic rings. The van der Waals surface area contributed by atoms with E-state index in [0.29, 0.717) is 31.2 Å². The Balaban J connectivity index is 2.40. The zero-order valence-corrected chi connectivity index (χ0v) is 35.6. The van der Waals surface area contributed by atoms with Crippen molar-refractivity contribution in [2.24, 2.45) is 44.8 Å². The first-order chi connectivity index (χ1) is 28.4. The van der Waals surface area contributed by atoms with Crippen LogP contribution in [0.25, 0.3) is 0 Å². The number of nitrogens with one attached hydrogen (secondary N) is 5. The minimum Gasteiger partial charge on any atom is -0.508 e. The molecule has 0 saturated carbocycles. The van der Waals surface area contributed by atoms with E-state index in [0.717, 1.165) is 0 Å². The predicted molar refractivity (Wildman–Crippen MR) is 228 cm³/mol. The van der Waals surface area contributed by atoms with Crippen LogP contribution in [0.3, 0.4) is 0 Å². The standard InChI is InChI=1S/C40H68N12O8/c1-6-24(4)33(37(59)48-27(22-53)20-23(2)3)51-35(57)31(21-26-13-15-28(55)16-14-26)50-36(58)32-12-9-19-52(32)38(60)30(11-8-18-46-40(43)44)49-34(56)29(47-25(5)54)10-7-17-45-39(41)42/h13-16,23-24,27,29-33,53,55H,6-12,17-22H2,1-5H3,(H,47,54)(H,48,59)(H,49,56)(H,50,58)(H,51,57)(H4,41,42,45)(H4,43,44,46)/t24-,27-,29-,30-,31-,32?,33-/m0/s1. The lowest BCUT2D eigenvalue weighted by molar-refractivity contribution is -0.142. The molecule has 6 amide bonds. The van der Waals surface area contributed by atoms with Gasteiger partial charge >= 0.3 is 0 Å². The summed E-state index contributed by atoms with van der Waals surface area (Å²) in [5, 5.41) is 33.7. The van der Waals surface area contributed by atoms with Gasteiger partial charge in [0.2, 0.25) is 35.4 Å². The number of likely N-dealkylation sites (tertiary alicyclic amines) is 1. The molecule has 60 heavy (non-hydrogen) atoms. The molecule has 0 aliphatic carbocycles. The average molecular weight is 845 g/mol. The van der Waals surface area contributed by atoms with Gasteiger partial charge in [-0.2, -0.15) is 0 Å². The maximum absolute atomic E-state index is 14.3. The normalized spacial score (nSPS) is 16.6. The van der Waals surface area contributed by atoms with Crippen molar-refractivity contribution in [1.82, 2.24) is 31.5 Å². The van der Waals surface area contributed by atoms with E-state index in [4.69, 9.17) is 22.9 Å². The molecule has 2 rings (SSSR count). The van der Waals surface area contributed by atoms with E-state index in [1.807, 2.05) is 27.7 Å². The zero-order chi connectivity index (χ0) is 44.9. The minimum absolute atomic E-state index is 0.00604. The number of carbonyl (C=O) groups is 6. The molecule has 7 atom stereocenters. The molecule has 0 aromatic heterocycles. The summed E-state index contributed by atoms with van der Waals surface area (Å²) in [7, 11) is 0. The second-order valence-electron chi connectivity index (χ2n) is 15.7. The Bertz CT molecular complexity index is 1630. The van der Waals surface area contributed by atoms with Crippen molar-refractivity contribution in [3.05, 3.63) is 29.8 Å². The van der Waals surface area contributed by atoms with Gasteiger partial charge in [0.05, 0.1) is 12.6 Å². The van der Waals surface area contributed by atoms with Crippen molar-refractivity contribution in [2.75, 3.05) is 26.2 Å². The maximum Gasteiger partial charge on any atom is 0.245 e. The molecule has 0 radical (unpaired) electrons. The Hall–Kier alpha value is -5.66. The van der Waals surface area contributed by atoms with Gasteiger partial charge in [0.1, 0.15) is 36.0 Å². The van der Waals surface area contributed by atoms with E-state index in [1.165, 1.54) is 24.0 Å². The van der Waals surface area contributed by atoms with Crippen molar-refractivity contribution in [3.63, 3.8) is 0 Å². The maximum atomic E-state index is 14.3. The van der Waals surface area contributed by atoms with E-state index in [9.17, 15) is 39.0 Å². The molecule has 1 fully saturated rings. The van der Waals surface area contributed by atoms with Crippen LogP contribution in [0.4, 0.5) is 0 Å². The summed E-state index contributed by atoms with van der Waals surface area (Å²) in [6, 6.07) is 0.195. The predicted octanol–water partition coefficient (Wildman–Crippen LogP) is -1.44. The van der Waals surface area contributed by atoms with Crippen LogP contribution in [0.1, 0.15) is 91.5 Å². The Kier molecular flexibility index (Phi) is 21.7. The van der Waals surface area contributed by atoms with Crippen molar-refractivity contribution in [2.45, 2.75) is 129 Å². The van der Waals surface area contributed by atoms with Crippen LogP contribution in [0.15, 0.2) is 34.3 Å². The highest BCUT2D eigenvalue weighted by Gasteiger charge is 2.40. The largest absolute Gasteiger partial charge is 0.508 e. The quantitative estimate of drug-likeness (QED) is 0.0306. The van der Waals surface area contributed by atoms with Gasteiger partial charge in [-0.05, 0) is 74.5 Å². The van der Waals surface area contributed by atoms with Crippen LogP contribution in [0, 0.1) is 11.8 Å². The molecule has 1 heterocycles. The summed E-state index contributed by atoms with van der Waals surface area (Å²) in [5.41, 5.74) is 22.4. The molecule has 20 heteroatoms. The molecule has 1 unspecified atom stereocenters. The SMILES string of the molecule is CC[C@H](C)[C@H](NC(=O)[C@H](Cc1ccc(O)cc1)NC(=O)C1CCCN1C(=O)[C@H](CCCN=C(N)N)NC(=O)[C@H](CCCN=C(N)N)NC(C)=O)C(=O)N[C@H](CO)CC(C)C. The van der Waals surface area contributed by atoms with Crippen LogP contribution in [-0.4, -0.2) is 125 Å². The van der Waals surface area contributed by atoms with Gasteiger partial charge in [0, 0.05) is 33.0 Å². The van der Waals surface area contributed by atoms with E-state index in [-0.39, 0.29) is 87.8 Å². The van der Waals surface area contributed by atoms with Crippen LogP contribution in [-0.2, 0) is 35.2 Å². The number of aliphatic imine (C=N–C) groups is 2. The van der Waals surface area contributed by atoms with Gasteiger partial charge < -0.3 is 64.6 Å². The summed E-state index contributed by atoms with van der Waals surface area (Å²) in [6.45, 7) is 9.14. The first-order valence-electron chi connectivity index (χ1n) is 20.6. The first-order valence-corrected chi connectivity index (χ1v) is 20.6. The van der Waals surface area contributed by atoms with Gasteiger partial charge in [-0.25, -0.2) is 0 Å². The van der Waals surface area contributed by atoms with Gasteiger partial charge in [-0.1, -0.05) is 46.2 Å². The highest BCUT2D eigenvalue weighted by Crippen LogP contribution is 2.21. The van der Waals surface area contributed by atoms with Gasteiger partial charge in [-0.3, -0.25) is 38.8 Å². The number of benzene rings is 1. The lowest BCUT2D eigenvalue weighted by Crippen LogP contribution is -2.60. The number of nitrogens with zero attached hydrogens (tertiary/aromatic N) is 3. The van der Waals surface area contributed by atoms with E-state index in [2.05, 4.69) is 36.6 Å². The molecule has 1 aromatic rings. The molecular weight excluding hydrogens is 777 g/mol. The summed E-state index contributed by atoms with van der Waals surface area (Å²) in [4.78, 5) is 91.1. The number of phenols is 1. The number of aliphatic hydroxyl groups excluding tert-OH is 1. The Morgan fingerprint density at radius 1 is 0.800 bits per heavy atom.